The van der Waals surface area contributed by atoms with Crippen LogP contribution < -0.4 is 5.32 Å². The average molecular weight is 354 g/mol. The molecule has 1 atom stereocenters. The number of hydrogen-bond donors (Lipinski definition) is 1. The van der Waals surface area contributed by atoms with Gasteiger partial charge < -0.3 is 19.7 Å². The summed E-state index contributed by atoms with van der Waals surface area (Å²) in [6.45, 7) is 11.4. The van der Waals surface area contributed by atoms with Crippen molar-refractivity contribution in [1.82, 2.24) is 10.2 Å². The summed E-state index contributed by atoms with van der Waals surface area (Å²) in [5.74, 6) is 0.836. The standard InChI is InChI=1S/C19H35N3O3/c1-4-20-18(21-15-19(9-10-19)11-13-24-5-2)22-12-7-8-16(14-22)17(23)25-6-3/h16H,4-15H2,1-3H3,(H,20,21). The monoisotopic (exact) mass is 353 g/mol. The molecule has 2 fully saturated rings. The number of carbonyl (C=O) groups is 1. The van der Waals surface area contributed by atoms with Crippen molar-refractivity contribution in [3.8, 4) is 0 Å². The zero-order valence-electron chi connectivity index (χ0n) is 16.2. The molecule has 6 nitrogen and oxygen atoms in total. The molecule has 0 aromatic rings. The molecule has 25 heavy (non-hydrogen) atoms. The quantitative estimate of drug-likeness (QED) is 0.298. The minimum absolute atomic E-state index is 0.0367. The topological polar surface area (TPSA) is 63.2 Å². The van der Waals surface area contributed by atoms with E-state index in [0.29, 0.717) is 18.6 Å². The number of carbonyl (C=O) groups excluding carboxylic acids is 1. The van der Waals surface area contributed by atoms with Crippen LogP contribution >= 0.6 is 0 Å². The first-order chi connectivity index (χ1) is 12.1. The smallest absolute Gasteiger partial charge is 0.310 e. The van der Waals surface area contributed by atoms with E-state index in [9.17, 15) is 4.79 Å². The predicted molar refractivity (Wildman–Crippen MR) is 99.7 cm³/mol. The van der Waals surface area contributed by atoms with Crippen LogP contribution in [0.1, 0.15) is 52.9 Å². The van der Waals surface area contributed by atoms with Crippen LogP contribution in [-0.2, 0) is 14.3 Å². The molecule has 2 aliphatic rings. The molecule has 0 bridgehead atoms. The number of nitrogens with zero attached hydrogens (tertiary/aromatic N) is 2. The first kappa shape index (κ1) is 20.0. The van der Waals surface area contributed by atoms with Crippen molar-refractivity contribution in [2.45, 2.75) is 52.9 Å². The maximum Gasteiger partial charge on any atom is 0.310 e. The van der Waals surface area contributed by atoms with E-state index in [0.717, 1.165) is 58.1 Å². The first-order valence-electron chi connectivity index (χ1n) is 9.91. The lowest BCUT2D eigenvalue weighted by molar-refractivity contribution is -0.149. The molecule has 1 N–H and O–H groups in total. The van der Waals surface area contributed by atoms with Crippen molar-refractivity contribution in [2.24, 2.45) is 16.3 Å². The van der Waals surface area contributed by atoms with E-state index in [1.807, 2.05) is 13.8 Å². The maximum atomic E-state index is 12.1. The van der Waals surface area contributed by atoms with E-state index in [2.05, 4.69) is 17.1 Å². The fourth-order valence-electron chi connectivity index (χ4n) is 3.39. The molecule has 0 radical (unpaired) electrons. The van der Waals surface area contributed by atoms with Gasteiger partial charge in [0.05, 0.1) is 12.5 Å². The highest BCUT2D eigenvalue weighted by molar-refractivity contribution is 5.81. The van der Waals surface area contributed by atoms with Crippen molar-refractivity contribution >= 4 is 11.9 Å². The Bertz CT molecular complexity index is 449. The second-order valence-corrected chi connectivity index (χ2v) is 7.15. The van der Waals surface area contributed by atoms with Gasteiger partial charge >= 0.3 is 5.97 Å². The number of nitrogens with one attached hydrogen (secondary N) is 1. The number of ether oxygens (including phenoxy) is 2. The number of esters is 1. The molecule has 1 saturated heterocycles. The van der Waals surface area contributed by atoms with Crippen LogP contribution in [0.4, 0.5) is 0 Å². The van der Waals surface area contributed by atoms with E-state index in [1.165, 1.54) is 12.8 Å². The molecule has 0 amide bonds. The van der Waals surface area contributed by atoms with Crippen molar-refractivity contribution in [1.29, 1.82) is 0 Å². The van der Waals surface area contributed by atoms with Gasteiger partial charge in [0.1, 0.15) is 0 Å². The van der Waals surface area contributed by atoms with Gasteiger partial charge in [0.25, 0.3) is 0 Å². The summed E-state index contributed by atoms with van der Waals surface area (Å²) in [6.07, 6.45) is 5.49. The van der Waals surface area contributed by atoms with Gasteiger partial charge in [-0.15, -0.1) is 0 Å². The van der Waals surface area contributed by atoms with Gasteiger partial charge in [0.2, 0.25) is 0 Å². The minimum Gasteiger partial charge on any atom is -0.466 e. The van der Waals surface area contributed by atoms with E-state index in [1.54, 1.807) is 0 Å². The summed E-state index contributed by atoms with van der Waals surface area (Å²) in [5.41, 5.74) is 0.339. The third-order valence-corrected chi connectivity index (χ3v) is 5.18. The zero-order chi connectivity index (χ0) is 18.1. The fourth-order valence-corrected chi connectivity index (χ4v) is 3.39. The molecular weight excluding hydrogens is 318 g/mol. The lowest BCUT2D eigenvalue weighted by Gasteiger charge is -2.34. The third kappa shape index (κ3) is 6.17. The van der Waals surface area contributed by atoms with Crippen LogP contribution in [0, 0.1) is 11.3 Å². The molecule has 1 aliphatic heterocycles. The molecule has 0 aromatic heterocycles. The second kappa shape index (κ2) is 10.00. The van der Waals surface area contributed by atoms with E-state index < -0.39 is 0 Å². The summed E-state index contributed by atoms with van der Waals surface area (Å²) in [5, 5.41) is 3.40. The van der Waals surface area contributed by atoms with Gasteiger partial charge in [-0.2, -0.15) is 0 Å². The number of hydrogen-bond acceptors (Lipinski definition) is 4. The molecule has 1 heterocycles. The highest BCUT2D eigenvalue weighted by Crippen LogP contribution is 2.49. The molecule has 2 rings (SSSR count). The van der Waals surface area contributed by atoms with Crippen molar-refractivity contribution in [3.63, 3.8) is 0 Å². The van der Waals surface area contributed by atoms with Crippen molar-refractivity contribution in [2.75, 3.05) is 46.0 Å². The van der Waals surface area contributed by atoms with Crippen LogP contribution in [-0.4, -0.2) is 62.8 Å². The third-order valence-electron chi connectivity index (χ3n) is 5.18. The Labute approximate surface area is 152 Å². The van der Waals surface area contributed by atoms with E-state index in [-0.39, 0.29) is 11.9 Å². The Balaban J connectivity index is 1.93. The highest BCUT2D eigenvalue weighted by atomic mass is 16.5. The number of guanidine groups is 1. The highest BCUT2D eigenvalue weighted by Gasteiger charge is 2.42. The van der Waals surface area contributed by atoms with Crippen molar-refractivity contribution in [3.05, 3.63) is 0 Å². The number of aliphatic imine (C=N–C) groups is 1. The van der Waals surface area contributed by atoms with Gasteiger partial charge in [-0.3, -0.25) is 9.79 Å². The molecule has 1 saturated carbocycles. The van der Waals surface area contributed by atoms with Crippen LogP contribution in [0.3, 0.4) is 0 Å². The van der Waals surface area contributed by atoms with Crippen LogP contribution in [0.2, 0.25) is 0 Å². The summed E-state index contributed by atoms with van der Waals surface area (Å²) >= 11 is 0. The molecule has 6 heteroatoms. The molecule has 1 unspecified atom stereocenters. The summed E-state index contributed by atoms with van der Waals surface area (Å²) in [7, 11) is 0. The number of rotatable bonds is 9. The zero-order valence-corrected chi connectivity index (χ0v) is 16.2. The van der Waals surface area contributed by atoms with Crippen LogP contribution in [0.15, 0.2) is 4.99 Å². The summed E-state index contributed by atoms with van der Waals surface area (Å²) in [6, 6.07) is 0. The fraction of sp³-hybridized carbons (Fsp3) is 0.895. The van der Waals surface area contributed by atoms with E-state index >= 15 is 0 Å². The Morgan fingerprint density at radius 2 is 2.08 bits per heavy atom. The summed E-state index contributed by atoms with van der Waals surface area (Å²) in [4.78, 5) is 19.2. The average Bonchev–Trinajstić information content (AvgIpc) is 3.39. The Kier molecular flexibility index (Phi) is 8.00. The van der Waals surface area contributed by atoms with Crippen LogP contribution in [0.25, 0.3) is 0 Å². The molecule has 1 aliphatic carbocycles. The van der Waals surface area contributed by atoms with Gasteiger partial charge in [-0.05, 0) is 58.3 Å². The van der Waals surface area contributed by atoms with Gasteiger partial charge in [-0.1, -0.05) is 0 Å². The molecule has 0 aromatic carbocycles. The first-order valence-corrected chi connectivity index (χ1v) is 9.91. The van der Waals surface area contributed by atoms with Crippen LogP contribution in [0.5, 0.6) is 0 Å². The van der Waals surface area contributed by atoms with Gasteiger partial charge in [0, 0.05) is 39.4 Å². The molecule has 144 valence electrons. The lowest BCUT2D eigenvalue weighted by Crippen LogP contribution is -2.48. The molecule has 0 spiro atoms. The maximum absolute atomic E-state index is 12.1. The Morgan fingerprint density at radius 3 is 2.72 bits per heavy atom. The number of piperidine rings is 1. The lowest BCUT2D eigenvalue weighted by atomic mass is 9.98. The van der Waals surface area contributed by atoms with Gasteiger partial charge in [0.15, 0.2) is 5.96 Å². The van der Waals surface area contributed by atoms with E-state index in [4.69, 9.17) is 14.5 Å². The minimum atomic E-state index is -0.0709. The predicted octanol–water partition coefficient (Wildman–Crippen LogP) is 2.43. The van der Waals surface area contributed by atoms with Gasteiger partial charge in [-0.25, -0.2) is 0 Å². The Hall–Kier alpha value is -1.30. The second-order valence-electron chi connectivity index (χ2n) is 7.15. The van der Waals surface area contributed by atoms with Crippen molar-refractivity contribution < 1.29 is 14.3 Å². The Morgan fingerprint density at radius 1 is 1.28 bits per heavy atom. The molecular formula is C19H35N3O3. The number of likely N-dealkylation sites (tertiary alicyclic amines) is 1. The SMILES string of the molecule is CCNC(=NCC1(CCOCC)CC1)N1CCCC(C(=O)OCC)C1. The largest absolute Gasteiger partial charge is 0.466 e. The summed E-state index contributed by atoms with van der Waals surface area (Å²) < 4.78 is 10.7. The normalized spacial score (nSPS) is 22.6.